The number of nitrogens with two attached hydrogens (primary N) is 1. The van der Waals surface area contributed by atoms with E-state index in [1.165, 1.54) is 0 Å². The molecule has 4 heterocycles. The zero-order valence-corrected chi connectivity index (χ0v) is 20.2. The summed E-state index contributed by atoms with van der Waals surface area (Å²) in [5.41, 5.74) is 11.4. The maximum absolute atomic E-state index is 6.49. The molecule has 1 fully saturated rings. The van der Waals surface area contributed by atoms with Crippen molar-refractivity contribution in [2.24, 2.45) is 0 Å². The monoisotopic (exact) mass is 493 g/mol. The highest BCUT2D eigenvalue weighted by molar-refractivity contribution is 9.10. The molecular weight excluding hydrogens is 466 g/mol. The Morgan fingerprint density at radius 1 is 1.03 bits per heavy atom. The van der Waals surface area contributed by atoms with E-state index in [4.69, 9.17) is 10.7 Å². The molecule has 1 saturated heterocycles. The number of halogens is 1. The van der Waals surface area contributed by atoms with Gasteiger partial charge in [0.25, 0.3) is 0 Å². The molecule has 0 bridgehead atoms. The number of para-hydroxylation sites is 1. The van der Waals surface area contributed by atoms with Gasteiger partial charge in [0, 0.05) is 28.8 Å². The van der Waals surface area contributed by atoms with E-state index in [0.717, 1.165) is 58.6 Å². The van der Waals surface area contributed by atoms with Crippen LogP contribution in [0.25, 0.3) is 22.5 Å². The van der Waals surface area contributed by atoms with E-state index in [2.05, 4.69) is 51.8 Å². The summed E-state index contributed by atoms with van der Waals surface area (Å²) in [5, 5.41) is 9.06. The summed E-state index contributed by atoms with van der Waals surface area (Å²) >= 11 is 3.71. The van der Waals surface area contributed by atoms with Crippen LogP contribution in [0.1, 0.15) is 45.2 Å². The molecule has 4 aromatic rings. The first kappa shape index (κ1) is 21.2. The van der Waals surface area contributed by atoms with Crippen LogP contribution in [0.3, 0.4) is 0 Å². The van der Waals surface area contributed by atoms with Crippen LogP contribution in [-0.2, 0) is 0 Å². The van der Waals surface area contributed by atoms with Gasteiger partial charge in [-0.3, -0.25) is 4.90 Å². The molecule has 166 valence electrons. The Bertz CT molecular complexity index is 1240. The van der Waals surface area contributed by atoms with Gasteiger partial charge in [-0.1, -0.05) is 18.2 Å². The molecule has 8 heteroatoms. The summed E-state index contributed by atoms with van der Waals surface area (Å²) in [7, 11) is 0. The number of anilines is 1. The summed E-state index contributed by atoms with van der Waals surface area (Å²) in [4.78, 5) is 7.63. The van der Waals surface area contributed by atoms with E-state index >= 15 is 0 Å². The van der Waals surface area contributed by atoms with Crippen molar-refractivity contribution >= 4 is 27.4 Å². The van der Waals surface area contributed by atoms with E-state index in [0.29, 0.717) is 11.7 Å². The Morgan fingerprint density at radius 2 is 1.75 bits per heavy atom. The lowest BCUT2D eigenvalue weighted by molar-refractivity contribution is 0.101. The number of piperidine rings is 1. The van der Waals surface area contributed by atoms with E-state index in [1.807, 2.05) is 53.6 Å². The fourth-order valence-corrected chi connectivity index (χ4v) is 5.08. The lowest BCUT2D eigenvalue weighted by Crippen LogP contribution is -2.45. The molecule has 32 heavy (non-hydrogen) atoms. The van der Waals surface area contributed by atoms with E-state index in [9.17, 15) is 0 Å². The zero-order valence-electron chi connectivity index (χ0n) is 18.7. The number of likely N-dealkylation sites (tertiary alicyclic amines) is 1. The van der Waals surface area contributed by atoms with Crippen LogP contribution in [0.4, 0.5) is 5.82 Å². The minimum atomic E-state index is 0.191. The molecule has 5 rings (SSSR count). The largest absolute Gasteiger partial charge is 0.383 e. The molecule has 0 aliphatic carbocycles. The van der Waals surface area contributed by atoms with Crippen molar-refractivity contribution in [3.63, 3.8) is 0 Å². The van der Waals surface area contributed by atoms with Gasteiger partial charge in [0.2, 0.25) is 0 Å². The number of nitrogen functional groups attached to an aromatic ring is 1. The SMILES string of the molecule is CC(C)(C)N1CCC(c2nc3c(-c4cnn(-c5ccccc5)c4)cnn3c(N)c2Br)CC1. The van der Waals surface area contributed by atoms with Crippen LogP contribution in [-0.4, -0.2) is 47.9 Å². The molecule has 0 atom stereocenters. The van der Waals surface area contributed by atoms with Crippen molar-refractivity contribution in [3.8, 4) is 16.8 Å². The topological polar surface area (TPSA) is 77.3 Å². The van der Waals surface area contributed by atoms with Crippen LogP contribution in [0, 0.1) is 0 Å². The number of rotatable bonds is 3. The minimum absolute atomic E-state index is 0.191. The number of nitrogens with zero attached hydrogens (tertiary/aromatic N) is 6. The first-order valence-corrected chi connectivity index (χ1v) is 11.8. The van der Waals surface area contributed by atoms with Gasteiger partial charge in [-0.15, -0.1) is 0 Å². The lowest BCUT2D eigenvalue weighted by atomic mass is 9.90. The Balaban J connectivity index is 1.51. The van der Waals surface area contributed by atoms with Gasteiger partial charge >= 0.3 is 0 Å². The molecule has 1 aliphatic rings. The standard InChI is InChI=1S/C24H28BrN7/c1-24(2,3)30-11-9-16(10-12-30)21-20(25)22(26)32-23(29-21)19(14-28-32)17-13-27-31(15-17)18-7-5-4-6-8-18/h4-8,13-16H,9-12,26H2,1-3H3. The molecular formula is C24H28BrN7. The summed E-state index contributed by atoms with van der Waals surface area (Å²) in [6.07, 6.45) is 7.81. The summed E-state index contributed by atoms with van der Waals surface area (Å²) < 4.78 is 4.44. The number of benzene rings is 1. The molecule has 0 unspecified atom stereocenters. The highest BCUT2D eigenvalue weighted by atomic mass is 79.9. The normalized spacial score (nSPS) is 16.1. The third-order valence-corrected chi connectivity index (χ3v) is 7.21. The molecule has 0 amide bonds. The molecule has 2 N–H and O–H groups in total. The molecule has 7 nitrogen and oxygen atoms in total. The Labute approximate surface area is 196 Å². The van der Waals surface area contributed by atoms with Crippen molar-refractivity contribution in [2.45, 2.75) is 45.1 Å². The van der Waals surface area contributed by atoms with Crippen LogP contribution >= 0.6 is 15.9 Å². The summed E-state index contributed by atoms with van der Waals surface area (Å²) in [5.74, 6) is 0.954. The van der Waals surface area contributed by atoms with Crippen LogP contribution in [0.15, 0.2) is 53.4 Å². The molecule has 0 radical (unpaired) electrons. The van der Waals surface area contributed by atoms with Crippen molar-refractivity contribution in [1.82, 2.24) is 29.3 Å². The van der Waals surface area contributed by atoms with Gasteiger partial charge < -0.3 is 5.73 Å². The fourth-order valence-electron chi connectivity index (χ4n) is 4.49. The van der Waals surface area contributed by atoms with E-state index in [-0.39, 0.29) is 5.54 Å². The van der Waals surface area contributed by atoms with Crippen LogP contribution in [0.5, 0.6) is 0 Å². The number of fused-ring (bicyclic) bond motifs is 1. The zero-order chi connectivity index (χ0) is 22.5. The Kier molecular flexibility index (Phi) is 5.29. The minimum Gasteiger partial charge on any atom is -0.383 e. The number of hydrogen-bond donors (Lipinski definition) is 1. The highest BCUT2D eigenvalue weighted by Crippen LogP contribution is 2.38. The van der Waals surface area contributed by atoms with Crippen LogP contribution < -0.4 is 5.73 Å². The average Bonchev–Trinajstić information content (AvgIpc) is 3.43. The maximum Gasteiger partial charge on any atom is 0.165 e. The van der Waals surface area contributed by atoms with Crippen molar-refractivity contribution < 1.29 is 0 Å². The highest BCUT2D eigenvalue weighted by Gasteiger charge is 2.30. The Hall–Kier alpha value is -2.71. The van der Waals surface area contributed by atoms with Crippen molar-refractivity contribution in [2.75, 3.05) is 18.8 Å². The molecule has 0 saturated carbocycles. The van der Waals surface area contributed by atoms with Gasteiger partial charge in [-0.2, -0.15) is 14.7 Å². The molecule has 0 spiro atoms. The van der Waals surface area contributed by atoms with Gasteiger partial charge in [-0.05, 0) is 74.8 Å². The second kappa shape index (κ2) is 8.01. The summed E-state index contributed by atoms with van der Waals surface area (Å²) in [6, 6.07) is 10.1. The number of hydrogen-bond acceptors (Lipinski definition) is 5. The van der Waals surface area contributed by atoms with Gasteiger partial charge in [-0.25, -0.2) is 9.67 Å². The predicted molar refractivity (Wildman–Crippen MR) is 131 cm³/mol. The quantitative estimate of drug-likeness (QED) is 0.438. The molecule has 1 aliphatic heterocycles. The fraction of sp³-hybridized carbons (Fsp3) is 0.375. The second-order valence-electron chi connectivity index (χ2n) is 9.43. The average molecular weight is 494 g/mol. The summed E-state index contributed by atoms with van der Waals surface area (Å²) in [6.45, 7) is 8.95. The van der Waals surface area contributed by atoms with Gasteiger partial charge in [0.1, 0.15) is 5.82 Å². The van der Waals surface area contributed by atoms with Gasteiger partial charge in [0.05, 0.1) is 28.2 Å². The predicted octanol–water partition coefficient (Wildman–Crippen LogP) is 4.90. The number of aromatic nitrogens is 5. The third-order valence-electron chi connectivity index (χ3n) is 6.39. The third kappa shape index (κ3) is 3.71. The second-order valence-corrected chi connectivity index (χ2v) is 10.2. The van der Waals surface area contributed by atoms with E-state index in [1.54, 1.807) is 4.52 Å². The molecule has 3 aromatic heterocycles. The lowest BCUT2D eigenvalue weighted by Gasteiger charge is -2.40. The first-order valence-electron chi connectivity index (χ1n) is 11.0. The van der Waals surface area contributed by atoms with Gasteiger partial charge in [0.15, 0.2) is 5.65 Å². The van der Waals surface area contributed by atoms with Crippen molar-refractivity contribution in [3.05, 3.63) is 59.1 Å². The Morgan fingerprint density at radius 3 is 2.44 bits per heavy atom. The molecule has 1 aromatic carbocycles. The van der Waals surface area contributed by atoms with E-state index < -0.39 is 0 Å². The van der Waals surface area contributed by atoms with Crippen LogP contribution in [0.2, 0.25) is 0 Å². The smallest absolute Gasteiger partial charge is 0.165 e. The first-order chi connectivity index (χ1) is 15.3. The maximum atomic E-state index is 6.49. The van der Waals surface area contributed by atoms with Crippen molar-refractivity contribution in [1.29, 1.82) is 0 Å².